The zero-order chi connectivity index (χ0) is 13.7. The summed E-state index contributed by atoms with van der Waals surface area (Å²) in [5.41, 5.74) is 0. The standard InChI is InChI=1S/C11H25O6P/c1-3-14-9-7-5-6-8-10-16-18(12,13)17-11-15-4-2/h3-11H2,1-2H3,(H,12,13). The van der Waals surface area contributed by atoms with Crippen molar-refractivity contribution in [2.75, 3.05) is 33.2 Å². The lowest BCUT2D eigenvalue weighted by Gasteiger charge is -2.11. The number of hydrogen-bond donors (Lipinski definition) is 1. The van der Waals surface area contributed by atoms with E-state index in [9.17, 15) is 9.46 Å². The van der Waals surface area contributed by atoms with Gasteiger partial charge < -0.3 is 14.4 Å². The molecule has 0 bridgehead atoms. The Bertz CT molecular complexity index is 224. The average molecular weight is 284 g/mol. The lowest BCUT2D eigenvalue weighted by Crippen LogP contribution is -2.01. The van der Waals surface area contributed by atoms with Crippen molar-refractivity contribution in [2.24, 2.45) is 0 Å². The molecule has 1 atom stereocenters. The van der Waals surface area contributed by atoms with Crippen LogP contribution in [0.2, 0.25) is 0 Å². The van der Waals surface area contributed by atoms with Crippen molar-refractivity contribution in [3.63, 3.8) is 0 Å². The van der Waals surface area contributed by atoms with Gasteiger partial charge in [-0.15, -0.1) is 0 Å². The third-order valence-electron chi connectivity index (χ3n) is 2.14. The van der Waals surface area contributed by atoms with Crippen LogP contribution in [0.1, 0.15) is 39.5 Å². The number of phosphoric ester groups is 1. The maximum atomic E-state index is 11.3. The van der Waals surface area contributed by atoms with Crippen molar-refractivity contribution in [3.8, 4) is 0 Å². The Balaban J connectivity index is 3.33. The molecule has 7 heteroatoms. The molecular weight excluding hydrogens is 259 g/mol. The first kappa shape index (κ1) is 18.0. The number of ether oxygens (including phenoxy) is 2. The summed E-state index contributed by atoms with van der Waals surface area (Å²) in [5, 5.41) is 0. The molecule has 0 aromatic carbocycles. The van der Waals surface area contributed by atoms with Gasteiger partial charge in [0.2, 0.25) is 0 Å². The van der Waals surface area contributed by atoms with Crippen LogP contribution in [0.25, 0.3) is 0 Å². The topological polar surface area (TPSA) is 74.2 Å². The Morgan fingerprint density at radius 2 is 1.50 bits per heavy atom. The lowest BCUT2D eigenvalue weighted by molar-refractivity contribution is -0.00243. The van der Waals surface area contributed by atoms with Gasteiger partial charge in [0, 0.05) is 19.8 Å². The maximum Gasteiger partial charge on any atom is 0.474 e. The minimum absolute atomic E-state index is 0.217. The van der Waals surface area contributed by atoms with Gasteiger partial charge in [0.05, 0.1) is 6.61 Å². The highest BCUT2D eigenvalue weighted by atomic mass is 31.2. The SMILES string of the molecule is CCOCCCCCCOP(=O)(O)OCOCC. The van der Waals surface area contributed by atoms with E-state index in [1.165, 1.54) is 0 Å². The highest BCUT2D eigenvalue weighted by Gasteiger charge is 2.20. The van der Waals surface area contributed by atoms with Crippen molar-refractivity contribution in [2.45, 2.75) is 39.5 Å². The summed E-state index contributed by atoms with van der Waals surface area (Å²) in [5.74, 6) is 0. The van der Waals surface area contributed by atoms with Gasteiger partial charge in [-0.2, -0.15) is 0 Å². The van der Waals surface area contributed by atoms with Crippen molar-refractivity contribution < 1.29 is 28.0 Å². The van der Waals surface area contributed by atoms with Gasteiger partial charge in [-0.3, -0.25) is 9.05 Å². The Hall–Kier alpha value is 0.0300. The van der Waals surface area contributed by atoms with E-state index in [4.69, 9.17) is 14.0 Å². The van der Waals surface area contributed by atoms with Crippen LogP contribution in [-0.2, 0) is 23.1 Å². The molecule has 18 heavy (non-hydrogen) atoms. The molecule has 0 heterocycles. The molecule has 0 aliphatic rings. The first-order valence-electron chi connectivity index (χ1n) is 6.39. The van der Waals surface area contributed by atoms with E-state index in [2.05, 4.69) is 4.52 Å². The molecule has 6 nitrogen and oxygen atoms in total. The summed E-state index contributed by atoms with van der Waals surface area (Å²) < 4.78 is 30.6. The van der Waals surface area contributed by atoms with Crippen LogP contribution >= 0.6 is 7.82 Å². The van der Waals surface area contributed by atoms with Gasteiger partial charge in [-0.25, -0.2) is 4.57 Å². The Morgan fingerprint density at radius 1 is 0.889 bits per heavy atom. The molecule has 0 aromatic heterocycles. The quantitative estimate of drug-likeness (QED) is 0.318. The predicted octanol–water partition coefficient (Wildman–Crippen LogP) is 2.71. The molecule has 0 aromatic rings. The zero-order valence-electron chi connectivity index (χ0n) is 11.3. The molecular formula is C11H25O6P. The molecule has 0 amide bonds. The normalized spacial score (nSPS) is 14.6. The number of rotatable bonds is 13. The van der Waals surface area contributed by atoms with Crippen LogP contribution in [0, 0.1) is 0 Å². The van der Waals surface area contributed by atoms with Gasteiger partial charge in [-0.1, -0.05) is 12.8 Å². The predicted molar refractivity (Wildman–Crippen MR) is 68.3 cm³/mol. The van der Waals surface area contributed by atoms with E-state index in [-0.39, 0.29) is 13.4 Å². The van der Waals surface area contributed by atoms with Crippen molar-refractivity contribution in [3.05, 3.63) is 0 Å². The van der Waals surface area contributed by atoms with Crippen LogP contribution in [0.5, 0.6) is 0 Å². The van der Waals surface area contributed by atoms with Gasteiger partial charge in [0.1, 0.15) is 0 Å². The molecule has 0 aliphatic heterocycles. The maximum absolute atomic E-state index is 11.3. The van der Waals surface area contributed by atoms with Crippen LogP contribution in [0.3, 0.4) is 0 Å². The summed E-state index contributed by atoms with van der Waals surface area (Å²) in [6.07, 6.45) is 3.71. The second kappa shape index (κ2) is 12.1. The van der Waals surface area contributed by atoms with Crippen LogP contribution in [0.4, 0.5) is 0 Å². The third kappa shape index (κ3) is 12.5. The number of phosphoric acid groups is 1. The fraction of sp³-hybridized carbons (Fsp3) is 1.00. The Kier molecular flexibility index (Phi) is 12.1. The number of hydrogen-bond acceptors (Lipinski definition) is 5. The first-order valence-corrected chi connectivity index (χ1v) is 7.89. The Labute approximate surface area is 109 Å². The van der Waals surface area contributed by atoms with E-state index in [0.29, 0.717) is 6.61 Å². The highest BCUT2D eigenvalue weighted by Crippen LogP contribution is 2.43. The molecule has 0 saturated heterocycles. The highest BCUT2D eigenvalue weighted by molar-refractivity contribution is 7.47. The summed E-state index contributed by atoms with van der Waals surface area (Å²) in [6.45, 7) is 5.68. The van der Waals surface area contributed by atoms with Crippen LogP contribution in [-0.4, -0.2) is 38.1 Å². The zero-order valence-corrected chi connectivity index (χ0v) is 12.2. The van der Waals surface area contributed by atoms with Crippen LogP contribution in [0.15, 0.2) is 0 Å². The van der Waals surface area contributed by atoms with Gasteiger partial charge in [-0.05, 0) is 26.7 Å². The smallest absolute Gasteiger partial charge is 0.382 e. The third-order valence-corrected chi connectivity index (χ3v) is 3.09. The summed E-state index contributed by atoms with van der Waals surface area (Å²) in [4.78, 5) is 9.22. The van der Waals surface area contributed by atoms with Crippen molar-refractivity contribution in [1.29, 1.82) is 0 Å². The monoisotopic (exact) mass is 284 g/mol. The number of unbranched alkanes of at least 4 members (excludes halogenated alkanes) is 3. The molecule has 1 unspecified atom stereocenters. The van der Waals surface area contributed by atoms with E-state index < -0.39 is 7.82 Å². The molecule has 110 valence electrons. The first-order chi connectivity index (χ1) is 8.62. The molecule has 0 fully saturated rings. The fourth-order valence-electron chi connectivity index (χ4n) is 1.21. The molecule has 0 saturated carbocycles. The molecule has 0 radical (unpaired) electrons. The summed E-state index contributed by atoms with van der Waals surface area (Å²) >= 11 is 0. The molecule has 0 rings (SSSR count). The van der Waals surface area contributed by atoms with E-state index >= 15 is 0 Å². The minimum Gasteiger partial charge on any atom is -0.382 e. The van der Waals surface area contributed by atoms with E-state index in [1.807, 2.05) is 6.92 Å². The molecule has 0 spiro atoms. The Morgan fingerprint density at radius 3 is 2.11 bits per heavy atom. The van der Waals surface area contributed by atoms with Gasteiger partial charge in [0.15, 0.2) is 6.79 Å². The summed E-state index contributed by atoms with van der Waals surface area (Å²) in [6, 6.07) is 0. The minimum atomic E-state index is -3.94. The molecule has 0 aliphatic carbocycles. The van der Waals surface area contributed by atoms with Gasteiger partial charge in [0.25, 0.3) is 0 Å². The van der Waals surface area contributed by atoms with Crippen molar-refractivity contribution >= 4 is 7.82 Å². The second-order valence-electron chi connectivity index (χ2n) is 3.65. The van der Waals surface area contributed by atoms with Crippen molar-refractivity contribution in [1.82, 2.24) is 0 Å². The largest absolute Gasteiger partial charge is 0.474 e. The summed E-state index contributed by atoms with van der Waals surface area (Å²) in [7, 11) is -3.94. The van der Waals surface area contributed by atoms with Gasteiger partial charge >= 0.3 is 7.82 Å². The molecule has 1 N–H and O–H groups in total. The lowest BCUT2D eigenvalue weighted by atomic mass is 10.2. The van der Waals surface area contributed by atoms with E-state index in [0.717, 1.165) is 38.9 Å². The fourth-order valence-corrected chi connectivity index (χ4v) is 1.85. The average Bonchev–Trinajstić information content (AvgIpc) is 2.33. The second-order valence-corrected chi connectivity index (χ2v) is 5.11. The van der Waals surface area contributed by atoms with E-state index in [1.54, 1.807) is 6.92 Å². The van der Waals surface area contributed by atoms with Crippen LogP contribution < -0.4 is 0 Å².